The monoisotopic (exact) mass is 273 g/mol. The van der Waals surface area contributed by atoms with Crippen LogP contribution in [0.5, 0.6) is 0 Å². The molecule has 0 heterocycles. The lowest BCUT2D eigenvalue weighted by atomic mass is 10.1. The molecule has 18 heavy (non-hydrogen) atoms. The Morgan fingerprint density at radius 3 is 2.56 bits per heavy atom. The van der Waals surface area contributed by atoms with Crippen LogP contribution in [0.3, 0.4) is 0 Å². The van der Waals surface area contributed by atoms with E-state index in [9.17, 15) is 4.79 Å². The Morgan fingerprint density at radius 2 is 2.06 bits per heavy atom. The number of hydrogen-bond acceptors (Lipinski definition) is 4. The van der Waals surface area contributed by atoms with E-state index in [4.69, 9.17) is 4.74 Å². The summed E-state index contributed by atoms with van der Waals surface area (Å²) in [5.74, 6) is -0.0893. The van der Waals surface area contributed by atoms with Gasteiger partial charge in [-0.3, -0.25) is 4.79 Å². The Balaban J connectivity index is 2.47. The largest absolute Gasteiger partial charge is 0.465 e. The maximum atomic E-state index is 11.8. The van der Waals surface area contributed by atoms with Crippen LogP contribution in [0.15, 0.2) is 0 Å². The number of carbonyl (C=O) groups excluding carboxylic acids is 1. The van der Waals surface area contributed by atoms with E-state index >= 15 is 0 Å². The zero-order valence-electron chi connectivity index (χ0n) is 12.0. The van der Waals surface area contributed by atoms with Gasteiger partial charge in [0.2, 0.25) is 0 Å². The van der Waals surface area contributed by atoms with Gasteiger partial charge in [0.25, 0.3) is 0 Å². The summed E-state index contributed by atoms with van der Waals surface area (Å²) < 4.78 is 5.48. The van der Waals surface area contributed by atoms with Gasteiger partial charge in [0, 0.05) is 11.3 Å². The predicted octanol–water partition coefficient (Wildman–Crippen LogP) is 2.98. The fraction of sp³-hybridized carbons (Fsp3) is 0.929. The summed E-state index contributed by atoms with van der Waals surface area (Å²) in [4.78, 5) is 11.8. The standard InChI is InChI=1S/C14H27NO2S/c1-4-8-12(13(16)17-5-2)15-11-14(18-3)9-6-7-10-14/h12,15H,4-11H2,1-3H3. The van der Waals surface area contributed by atoms with Gasteiger partial charge in [-0.2, -0.15) is 11.8 Å². The number of carbonyl (C=O) groups is 1. The van der Waals surface area contributed by atoms with Gasteiger partial charge in [0.15, 0.2) is 0 Å². The molecule has 1 fully saturated rings. The SMILES string of the molecule is CCCC(NCC1(SC)CCCC1)C(=O)OCC. The van der Waals surface area contributed by atoms with Crippen molar-refractivity contribution >= 4 is 17.7 Å². The van der Waals surface area contributed by atoms with Gasteiger partial charge in [0.05, 0.1) is 6.61 Å². The molecule has 1 aliphatic carbocycles. The highest BCUT2D eigenvalue weighted by Gasteiger charge is 2.34. The molecule has 106 valence electrons. The second-order valence-electron chi connectivity index (χ2n) is 5.07. The van der Waals surface area contributed by atoms with Crippen molar-refractivity contribution in [1.82, 2.24) is 5.32 Å². The molecule has 4 heteroatoms. The van der Waals surface area contributed by atoms with Crippen LogP contribution in [0.4, 0.5) is 0 Å². The molecule has 0 aliphatic heterocycles. The zero-order chi connectivity index (χ0) is 13.4. The summed E-state index contributed by atoms with van der Waals surface area (Å²) in [7, 11) is 0. The zero-order valence-corrected chi connectivity index (χ0v) is 12.8. The minimum absolute atomic E-state index is 0.0893. The van der Waals surface area contributed by atoms with E-state index in [1.807, 2.05) is 18.7 Å². The van der Waals surface area contributed by atoms with E-state index in [0.717, 1.165) is 19.4 Å². The third-order valence-corrected chi connectivity index (χ3v) is 5.19. The van der Waals surface area contributed by atoms with Crippen LogP contribution in [0.2, 0.25) is 0 Å². The Bertz CT molecular complexity index is 252. The molecule has 0 radical (unpaired) electrons. The van der Waals surface area contributed by atoms with Gasteiger partial charge in [-0.05, 0) is 32.4 Å². The van der Waals surface area contributed by atoms with Gasteiger partial charge in [-0.15, -0.1) is 0 Å². The van der Waals surface area contributed by atoms with Gasteiger partial charge >= 0.3 is 5.97 Å². The first-order valence-electron chi connectivity index (χ1n) is 7.12. The van der Waals surface area contributed by atoms with Gasteiger partial charge in [0.1, 0.15) is 6.04 Å². The maximum Gasteiger partial charge on any atom is 0.323 e. The molecule has 1 unspecified atom stereocenters. The molecular formula is C14H27NO2S. The second-order valence-corrected chi connectivity index (χ2v) is 6.34. The molecule has 0 aromatic rings. The highest BCUT2D eigenvalue weighted by atomic mass is 32.2. The lowest BCUT2D eigenvalue weighted by Crippen LogP contribution is -2.45. The molecule has 1 saturated carbocycles. The number of esters is 1. The minimum Gasteiger partial charge on any atom is -0.465 e. The highest BCUT2D eigenvalue weighted by Crippen LogP contribution is 2.39. The van der Waals surface area contributed by atoms with Crippen molar-refractivity contribution in [2.24, 2.45) is 0 Å². The first kappa shape index (κ1) is 15.8. The van der Waals surface area contributed by atoms with E-state index in [1.54, 1.807) is 0 Å². The van der Waals surface area contributed by atoms with Crippen LogP contribution in [0.25, 0.3) is 0 Å². The fourth-order valence-corrected chi connectivity index (χ4v) is 3.54. The Hall–Kier alpha value is -0.220. The van der Waals surface area contributed by atoms with Crippen molar-refractivity contribution in [1.29, 1.82) is 0 Å². The molecule has 0 spiro atoms. The van der Waals surface area contributed by atoms with Crippen molar-refractivity contribution in [3.8, 4) is 0 Å². The van der Waals surface area contributed by atoms with Crippen LogP contribution in [-0.2, 0) is 9.53 Å². The quantitative estimate of drug-likeness (QED) is 0.690. The average Bonchev–Trinajstić information content (AvgIpc) is 2.84. The van der Waals surface area contributed by atoms with E-state index in [0.29, 0.717) is 11.4 Å². The van der Waals surface area contributed by atoms with Crippen molar-refractivity contribution in [2.75, 3.05) is 19.4 Å². The average molecular weight is 273 g/mol. The van der Waals surface area contributed by atoms with Crippen LogP contribution >= 0.6 is 11.8 Å². The lowest BCUT2D eigenvalue weighted by Gasteiger charge is -2.29. The highest BCUT2D eigenvalue weighted by molar-refractivity contribution is 8.00. The summed E-state index contributed by atoms with van der Waals surface area (Å²) in [6.07, 6.45) is 9.23. The van der Waals surface area contributed by atoms with Gasteiger partial charge in [-0.1, -0.05) is 26.2 Å². The number of ether oxygens (including phenoxy) is 1. The first-order chi connectivity index (χ1) is 8.67. The Kier molecular flexibility index (Phi) is 7.08. The smallest absolute Gasteiger partial charge is 0.323 e. The van der Waals surface area contributed by atoms with E-state index in [1.165, 1.54) is 25.7 Å². The maximum absolute atomic E-state index is 11.8. The number of hydrogen-bond donors (Lipinski definition) is 1. The summed E-state index contributed by atoms with van der Waals surface area (Å²) in [5.41, 5.74) is 0. The molecule has 1 N–H and O–H groups in total. The minimum atomic E-state index is -0.125. The van der Waals surface area contributed by atoms with Crippen molar-refractivity contribution in [2.45, 2.75) is 63.2 Å². The molecular weight excluding hydrogens is 246 g/mol. The summed E-state index contributed by atoms with van der Waals surface area (Å²) in [6.45, 7) is 5.36. The molecule has 0 saturated heterocycles. The predicted molar refractivity (Wildman–Crippen MR) is 78.0 cm³/mol. The first-order valence-corrected chi connectivity index (χ1v) is 8.35. The Labute approximate surface area is 115 Å². The van der Waals surface area contributed by atoms with Crippen LogP contribution in [0, 0.1) is 0 Å². The molecule has 0 aromatic carbocycles. The normalized spacial score (nSPS) is 19.7. The lowest BCUT2D eigenvalue weighted by molar-refractivity contribution is -0.145. The number of nitrogens with one attached hydrogen (secondary N) is 1. The summed E-state index contributed by atoms with van der Waals surface area (Å²) in [6, 6.07) is -0.125. The molecule has 0 bridgehead atoms. The fourth-order valence-electron chi connectivity index (χ4n) is 2.62. The molecule has 1 aliphatic rings. The topological polar surface area (TPSA) is 38.3 Å². The van der Waals surface area contributed by atoms with E-state index in [-0.39, 0.29) is 12.0 Å². The van der Waals surface area contributed by atoms with Crippen LogP contribution < -0.4 is 5.32 Å². The third kappa shape index (κ3) is 4.47. The number of thioether (sulfide) groups is 1. The molecule has 0 aromatic heterocycles. The summed E-state index contributed by atoms with van der Waals surface area (Å²) in [5, 5.41) is 3.44. The van der Waals surface area contributed by atoms with Gasteiger partial charge in [-0.25, -0.2) is 0 Å². The van der Waals surface area contributed by atoms with Crippen molar-refractivity contribution < 1.29 is 9.53 Å². The second kappa shape index (κ2) is 8.05. The summed E-state index contributed by atoms with van der Waals surface area (Å²) >= 11 is 1.95. The van der Waals surface area contributed by atoms with E-state index in [2.05, 4.69) is 18.5 Å². The van der Waals surface area contributed by atoms with E-state index < -0.39 is 0 Å². The Morgan fingerprint density at radius 1 is 1.39 bits per heavy atom. The number of rotatable bonds is 8. The van der Waals surface area contributed by atoms with Crippen molar-refractivity contribution in [3.63, 3.8) is 0 Å². The molecule has 1 atom stereocenters. The third-order valence-electron chi connectivity index (χ3n) is 3.77. The van der Waals surface area contributed by atoms with Crippen LogP contribution in [-0.4, -0.2) is 36.2 Å². The molecule has 0 amide bonds. The molecule has 3 nitrogen and oxygen atoms in total. The van der Waals surface area contributed by atoms with Crippen LogP contribution in [0.1, 0.15) is 52.4 Å². The van der Waals surface area contributed by atoms with Gasteiger partial charge < -0.3 is 10.1 Å². The van der Waals surface area contributed by atoms with Crippen molar-refractivity contribution in [3.05, 3.63) is 0 Å². The molecule has 1 rings (SSSR count).